The Bertz CT molecular complexity index is 779. The fourth-order valence-electron chi connectivity index (χ4n) is 3.27. The molecule has 0 fully saturated rings. The largest absolute Gasteiger partial charge is 0.324 e. The summed E-state index contributed by atoms with van der Waals surface area (Å²) in [5.41, 5.74) is 1.95. The Morgan fingerprint density at radius 1 is 1.28 bits per heavy atom. The lowest BCUT2D eigenvalue weighted by Gasteiger charge is -2.25. The summed E-state index contributed by atoms with van der Waals surface area (Å²) in [5.74, 6) is -0.489. The quantitative estimate of drug-likeness (QED) is 0.926. The molecule has 1 unspecified atom stereocenters. The molecule has 0 radical (unpaired) electrons. The summed E-state index contributed by atoms with van der Waals surface area (Å²) in [4.78, 5) is 27.2. The lowest BCUT2D eigenvalue weighted by molar-refractivity contribution is -0.119. The molecule has 6 nitrogen and oxygen atoms in total. The molecule has 132 valence electrons. The highest BCUT2D eigenvalue weighted by atomic mass is 16.2. The fourth-order valence-corrected chi connectivity index (χ4v) is 3.27. The van der Waals surface area contributed by atoms with Crippen LogP contribution in [0.2, 0.25) is 0 Å². The van der Waals surface area contributed by atoms with E-state index in [0.29, 0.717) is 17.9 Å². The Balaban J connectivity index is 2.02. The SMILES string of the molecule is CCC(CC)n1nccc1C(=O)N1CC(C)C(=O)Nc2ccccc21. The number of para-hydroxylation sites is 2. The standard InChI is InChI=1S/C19H24N4O2/c1-4-14(5-2)23-17(10-11-20-23)19(25)22-12-13(3)18(24)21-15-8-6-7-9-16(15)22/h6-11,13-14H,4-5,12H2,1-3H3,(H,21,24). The van der Waals surface area contributed by atoms with Crippen LogP contribution < -0.4 is 10.2 Å². The Morgan fingerprint density at radius 3 is 2.72 bits per heavy atom. The van der Waals surface area contributed by atoms with Gasteiger partial charge in [-0.1, -0.05) is 32.9 Å². The second-order valence-corrected chi connectivity index (χ2v) is 6.45. The highest BCUT2D eigenvalue weighted by molar-refractivity contribution is 6.10. The van der Waals surface area contributed by atoms with Crippen LogP contribution >= 0.6 is 0 Å². The summed E-state index contributed by atoms with van der Waals surface area (Å²) < 4.78 is 1.82. The van der Waals surface area contributed by atoms with Gasteiger partial charge in [0, 0.05) is 12.7 Å². The van der Waals surface area contributed by atoms with E-state index in [9.17, 15) is 9.59 Å². The molecule has 2 heterocycles. The number of fused-ring (bicyclic) bond motifs is 1. The van der Waals surface area contributed by atoms with E-state index in [2.05, 4.69) is 24.3 Å². The third-order valence-corrected chi connectivity index (χ3v) is 4.78. The summed E-state index contributed by atoms with van der Waals surface area (Å²) in [6.07, 6.45) is 3.49. The van der Waals surface area contributed by atoms with Gasteiger partial charge in [-0.3, -0.25) is 14.3 Å². The summed E-state index contributed by atoms with van der Waals surface area (Å²) in [7, 11) is 0. The lowest BCUT2D eigenvalue weighted by atomic mass is 10.1. The van der Waals surface area contributed by atoms with Crippen LogP contribution in [0.15, 0.2) is 36.5 Å². The molecule has 0 saturated carbocycles. The van der Waals surface area contributed by atoms with Crippen molar-refractivity contribution in [3.63, 3.8) is 0 Å². The highest BCUT2D eigenvalue weighted by Crippen LogP contribution is 2.31. The Labute approximate surface area is 147 Å². The number of carbonyl (C=O) groups is 2. The first-order chi connectivity index (χ1) is 12.1. The number of carbonyl (C=O) groups excluding carboxylic acids is 2. The number of aromatic nitrogens is 2. The van der Waals surface area contributed by atoms with Crippen LogP contribution in [0.3, 0.4) is 0 Å². The van der Waals surface area contributed by atoms with Crippen LogP contribution in [0.25, 0.3) is 0 Å². The lowest BCUT2D eigenvalue weighted by Crippen LogP contribution is -2.37. The molecule has 2 amide bonds. The number of benzene rings is 1. The third-order valence-electron chi connectivity index (χ3n) is 4.78. The van der Waals surface area contributed by atoms with Gasteiger partial charge in [-0.25, -0.2) is 0 Å². The monoisotopic (exact) mass is 340 g/mol. The van der Waals surface area contributed by atoms with Gasteiger partial charge >= 0.3 is 0 Å². The Hall–Kier alpha value is -2.63. The molecule has 25 heavy (non-hydrogen) atoms. The van der Waals surface area contributed by atoms with Gasteiger partial charge in [0.1, 0.15) is 5.69 Å². The number of rotatable bonds is 4. The topological polar surface area (TPSA) is 67.2 Å². The van der Waals surface area contributed by atoms with Gasteiger partial charge in [0.15, 0.2) is 0 Å². The zero-order valence-corrected chi connectivity index (χ0v) is 14.9. The number of nitrogens with zero attached hydrogens (tertiary/aromatic N) is 3. The number of amides is 2. The molecule has 1 aliphatic heterocycles. The van der Waals surface area contributed by atoms with E-state index in [1.165, 1.54) is 0 Å². The predicted octanol–water partition coefficient (Wildman–Crippen LogP) is 3.48. The van der Waals surface area contributed by atoms with Crippen LogP contribution in [0, 0.1) is 5.92 Å². The number of nitrogens with one attached hydrogen (secondary N) is 1. The van der Waals surface area contributed by atoms with Crippen LogP contribution in [0.5, 0.6) is 0 Å². The van der Waals surface area contributed by atoms with E-state index >= 15 is 0 Å². The molecular formula is C19H24N4O2. The molecule has 6 heteroatoms. The van der Waals surface area contributed by atoms with Gasteiger partial charge in [-0.2, -0.15) is 5.10 Å². The number of hydrogen-bond acceptors (Lipinski definition) is 3. The second-order valence-electron chi connectivity index (χ2n) is 6.45. The summed E-state index contributed by atoms with van der Waals surface area (Å²) in [6, 6.07) is 9.36. The normalized spacial score (nSPS) is 17.2. The zero-order chi connectivity index (χ0) is 18.0. The maximum atomic E-state index is 13.3. The van der Waals surface area contributed by atoms with E-state index in [1.54, 1.807) is 17.2 Å². The molecule has 1 aromatic heterocycles. The van der Waals surface area contributed by atoms with Crippen molar-refractivity contribution in [2.45, 2.75) is 39.7 Å². The zero-order valence-electron chi connectivity index (χ0n) is 14.9. The second kappa shape index (κ2) is 7.09. The molecule has 1 N–H and O–H groups in total. The van der Waals surface area contributed by atoms with E-state index in [-0.39, 0.29) is 23.8 Å². The van der Waals surface area contributed by atoms with Crippen molar-refractivity contribution in [3.05, 3.63) is 42.2 Å². The molecular weight excluding hydrogens is 316 g/mol. The van der Waals surface area contributed by atoms with Crippen molar-refractivity contribution < 1.29 is 9.59 Å². The van der Waals surface area contributed by atoms with Crippen molar-refractivity contribution in [2.75, 3.05) is 16.8 Å². The minimum atomic E-state index is -0.291. The number of anilines is 2. The van der Waals surface area contributed by atoms with E-state index in [0.717, 1.165) is 18.5 Å². The highest BCUT2D eigenvalue weighted by Gasteiger charge is 2.31. The van der Waals surface area contributed by atoms with Gasteiger partial charge in [-0.15, -0.1) is 0 Å². The smallest absolute Gasteiger partial charge is 0.276 e. The molecule has 3 rings (SSSR count). The van der Waals surface area contributed by atoms with Crippen molar-refractivity contribution >= 4 is 23.2 Å². The summed E-state index contributed by atoms with van der Waals surface area (Å²) in [6.45, 7) is 6.36. The average Bonchev–Trinajstić information content (AvgIpc) is 3.05. The van der Waals surface area contributed by atoms with Crippen LogP contribution in [-0.2, 0) is 4.79 Å². The fraction of sp³-hybridized carbons (Fsp3) is 0.421. The average molecular weight is 340 g/mol. The van der Waals surface area contributed by atoms with Crippen molar-refractivity contribution in [3.8, 4) is 0 Å². The minimum Gasteiger partial charge on any atom is -0.324 e. The first kappa shape index (κ1) is 17.2. The van der Waals surface area contributed by atoms with Gasteiger partial charge < -0.3 is 10.2 Å². The summed E-state index contributed by atoms with van der Waals surface area (Å²) in [5, 5.41) is 7.28. The number of hydrogen-bond donors (Lipinski definition) is 1. The molecule has 0 spiro atoms. The maximum absolute atomic E-state index is 13.3. The van der Waals surface area contributed by atoms with Gasteiger partial charge in [0.25, 0.3) is 5.91 Å². The van der Waals surface area contributed by atoms with Crippen LogP contribution in [0.1, 0.15) is 50.1 Å². The van der Waals surface area contributed by atoms with Gasteiger partial charge in [0.05, 0.1) is 23.3 Å². The first-order valence-corrected chi connectivity index (χ1v) is 8.82. The minimum absolute atomic E-state index is 0.0729. The Morgan fingerprint density at radius 2 is 2.00 bits per heavy atom. The van der Waals surface area contributed by atoms with E-state index < -0.39 is 0 Å². The van der Waals surface area contributed by atoms with Crippen molar-refractivity contribution in [1.82, 2.24) is 9.78 Å². The molecule has 0 aliphatic carbocycles. The molecule has 0 saturated heterocycles. The molecule has 1 aromatic carbocycles. The van der Waals surface area contributed by atoms with E-state index in [4.69, 9.17) is 0 Å². The molecule has 0 bridgehead atoms. The van der Waals surface area contributed by atoms with E-state index in [1.807, 2.05) is 35.9 Å². The third kappa shape index (κ3) is 3.16. The molecule has 2 aromatic rings. The van der Waals surface area contributed by atoms with Crippen LogP contribution in [-0.4, -0.2) is 28.1 Å². The molecule has 1 atom stereocenters. The van der Waals surface area contributed by atoms with Crippen molar-refractivity contribution in [1.29, 1.82) is 0 Å². The Kier molecular flexibility index (Phi) is 4.88. The van der Waals surface area contributed by atoms with Gasteiger partial charge in [0.2, 0.25) is 5.91 Å². The van der Waals surface area contributed by atoms with Crippen molar-refractivity contribution in [2.24, 2.45) is 5.92 Å². The maximum Gasteiger partial charge on any atom is 0.276 e. The predicted molar refractivity (Wildman–Crippen MR) is 97.8 cm³/mol. The van der Waals surface area contributed by atoms with Gasteiger partial charge in [-0.05, 0) is 31.0 Å². The first-order valence-electron chi connectivity index (χ1n) is 8.82. The summed E-state index contributed by atoms with van der Waals surface area (Å²) >= 11 is 0. The molecule has 1 aliphatic rings. The van der Waals surface area contributed by atoms with Crippen LogP contribution in [0.4, 0.5) is 11.4 Å².